The summed E-state index contributed by atoms with van der Waals surface area (Å²) in [6.45, 7) is 4.15. The highest BCUT2D eigenvalue weighted by atomic mass is 32.1. The monoisotopic (exact) mass is 479 g/mol. The SMILES string of the molecule is COCC(=O)Nc1cc(N2C(=S)N[C@@H](c3ccccn3)[C@@H]2c2cc(C)n(C)c2C)ccc1OC. The quantitative estimate of drug-likeness (QED) is 0.499. The molecule has 34 heavy (non-hydrogen) atoms. The van der Waals surface area contributed by atoms with Crippen LogP contribution in [0.15, 0.2) is 48.7 Å². The van der Waals surface area contributed by atoms with E-state index in [-0.39, 0.29) is 24.6 Å². The Labute approximate surface area is 204 Å². The summed E-state index contributed by atoms with van der Waals surface area (Å²) in [5.41, 5.74) is 5.75. The first-order valence-electron chi connectivity index (χ1n) is 11.0. The third-order valence-corrected chi connectivity index (χ3v) is 6.56. The maximum atomic E-state index is 12.2. The smallest absolute Gasteiger partial charge is 0.250 e. The van der Waals surface area contributed by atoms with Crippen LogP contribution in [0.1, 0.15) is 34.7 Å². The zero-order valence-corrected chi connectivity index (χ0v) is 20.8. The number of aromatic nitrogens is 2. The Hall–Kier alpha value is -3.43. The summed E-state index contributed by atoms with van der Waals surface area (Å²) in [5.74, 6) is 0.286. The van der Waals surface area contributed by atoms with Crippen LogP contribution < -0.4 is 20.3 Å². The Morgan fingerprint density at radius 1 is 1.21 bits per heavy atom. The minimum absolute atomic E-state index is 0.0517. The van der Waals surface area contributed by atoms with E-state index in [1.165, 1.54) is 7.11 Å². The van der Waals surface area contributed by atoms with Crippen LogP contribution in [0.5, 0.6) is 5.75 Å². The number of hydrogen-bond donors (Lipinski definition) is 2. The van der Waals surface area contributed by atoms with E-state index in [9.17, 15) is 4.79 Å². The van der Waals surface area contributed by atoms with Crippen LogP contribution in [0.3, 0.4) is 0 Å². The first-order chi connectivity index (χ1) is 16.3. The lowest BCUT2D eigenvalue weighted by Crippen LogP contribution is -2.29. The first kappa shape index (κ1) is 23.7. The highest BCUT2D eigenvalue weighted by molar-refractivity contribution is 7.80. The molecular formula is C25H29N5O3S. The molecule has 2 atom stereocenters. The number of nitrogens with zero attached hydrogens (tertiary/aromatic N) is 3. The van der Waals surface area contributed by atoms with Crippen LogP contribution in [-0.2, 0) is 16.6 Å². The summed E-state index contributed by atoms with van der Waals surface area (Å²) in [6, 6.07) is 13.4. The topological polar surface area (TPSA) is 80.7 Å². The van der Waals surface area contributed by atoms with E-state index in [2.05, 4.69) is 52.0 Å². The Bertz CT molecular complexity index is 1210. The average molecular weight is 480 g/mol. The number of amides is 1. The van der Waals surface area contributed by atoms with Crippen LogP contribution in [0.4, 0.5) is 11.4 Å². The highest BCUT2D eigenvalue weighted by Gasteiger charge is 2.42. The van der Waals surface area contributed by atoms with Crippen LogP contribution in [0.2, 0.25) is 0 Å². The van der Waals surface area contributed by atoms with E-state index >= 15 is 0 Å². The number of thiocarbonyl (C=S) groups is 1. The fourth-order valence-electron chi connectivity index (χ4n) is 4.39. The maximum absolute atomic E-state index is 12.2. The molecule has 1 saturated heterocycles. The summed E-state index contributed by atoms with van der Waals surface area (Å²) in [5, 5.41) is 6.93. The lowest BCUT2D eigenvalue weighted by atomic mass is 9.96. The summed E-state index contributed by atoms with van der Waals surface area (Å²) >= 11 is 5.84. The van der Waals surface area contributed by atoms with E-state index in [1.807, 2.05) is 36.4 Å². The zero-order valence-electron chi connectivity index (χ0n) is 20.0. The van der Waals surface area contributed by atoms with Crippen molar-refractivity contribution < 1.29 is 14.3 Å². The van der Waals surface area contributed by atoms with Gasteiger partial charge in [0.1, 0.15) is 12.4 Å². The zero-order chi connectivity index (χ0) is 24.4. The van der Waals surface area contributed by atoms with Crippen molar-refractivity contribution in [3.63, 3.8) is 0 Å². The molecule has 1 fully saturated rings. The first-order valence-corrected chi connectivity index (χ1v) is 11.4. The van der Waals surface area contributed by atoms with Crippen LogP contribution >= 0.6 is 12.2 Å². The summed E-state index contributed by atoms with van der Waals surface area (Å²) < 4.78 is 12.6. The number of anilines is 2. The molecule has 9 heteroatoms. The third kappa shape index (κ3) is 4.36. The van der Waals surface area contributed by atoms with E-state index in [0.717, 1.165) is 28.3 Å². The number of ether oxygens (including phenoxy) is 2. The molecule has 3 heterocycles. The minimum Gasteiger partial charge on any atom is -0.495 e. The van der Waals surface area contributed by atoms with Gasteiger partial charge in [0.05, 0.1) is 30.6 Å². The molecule has 0 unspecified atom stereocenters. The minimum atomic E-state index is -0.266. The standard InChI is InChI=1S/C25H29N5O3S/c1-15-12-18(16(2)29(15)3)24-23(19-8-6-7-11-26-19)28-25(34)30(24)17-9-10-21(33-5)20(13-17)27-22(31)14-32-4/h6-13,23-24H,14H2,1-5H3,(H,27,31)(H,28,34)/t23-,24-/m0/s1. The van der Waals surface area contributed by atoms with Crippen molar-refractivity contribution in [2.75, 3.05) is 31.0 Å². The van der Waals surface area contributed by atoms with Gasteiger partial charge in [-0.3, -0.25) is 9.78 Å². The van der Waals surface area contributed by atoms with Gasteiger partial charge in [0.15, 0.2) is 5.11 Å². The second-order valence-corrected chi connectivity index (χ2v) is 8.63. The van der Waals surface area contributed by atoms with Crippen molar-refractivity contribution in [1.82, 2.24) is 14.9 Å². The Morgan fingerprint density at radius 2 is 2.00 bits per heavy atom. The van der Waals surface area contributed by atoms with Gasteiger partial charge in [-0.15, -0.1) is 0 Å². The molecule has 178 valence electrons. The summed E-state index contributed by atoms with van der Waals surface area (Å²) in [6.07, 6.45) is 1.79. The predicted octanol–water partition coefficient (Wildman–Crippen LogP) is 3.81. The molecule has 2 N–H and O–H groups in total. The Kier molecular flexibility index (Phi) is 6.85. The van der Waals surface area contributed by atoms with Gasteiger partial charge in [0.25, 0.3) is 0 Å². The molecule has 1 amide bonds. The number of rotatable bonds is 7. The molecule has 2 aromatic heterocycles. The van der Waals surface area contributed by atoms with Gasteiger partial charge in [-0.25, -0.2) is 0 Å². The van der Waals surface area contributed by atoms with Gasteiger partial charge in [-0.05, 0) is 68.0 Å². The number of aryl methyl sites for hydroxylation is 1. The molecule has 1 aliphatic rings. The molecule has 0 aliphatic carbocycles. The third-order valence-electron chi connectivity index (χ3n) is 6.24. The Balaban J connectivity index is 1.82. The van der Waals surface area contributed by atoms with Crippen molar-refractivity contribution in [2.45, 2.75) is 25.9 Å². The molecule has 3 aromatic rings. The van der Waals surface area contributed by atoms with Gasteiger partial charge in [-0.1, -0.05) is 6.07 Å². The van der Waals surface area contributed by atoms with Gasteiger partial charge in [0.2, 0.25) is 5.91 Å². The number of methoxy groups -OCH3 is 2. The summed E-state index contributed by atoms with van der Waals surface area (Å²) in [7, 11) is 5.11. The van der Waals surface area contributed by atoms with Gasteiger partial charge < -0.3 is 29.6 Å². The normalized spacial score (nSPS) is 17.6. The lowest BCUT2D eigenvalue weighted by Gasteiger charge is -2.28. The number of benzene rings is 1. The van der Waals surface area contributed by atoms with Crippen molar-refractivity contribution in [1.29, 1.82) is 0 Å². The molecule has 0 radical (unpaired) electrons. The van der Waals surface area contributed by atoms with E-state index < -0.39 is 0 Å². The van der Waals surface area contributed by atoms with Crippen molar-refractivity contribution >= 4 is 34.6 Å². The maximum Gasteiger partial charge on any atom is 0.250 e. The second kappa shape index (κ2) is 9.82. The average Bonchev–Trinajstić information content (AvgIpc) is 3.30. The predicted molar refractivity (Wildman–Crippen MR) is 136 cm³/mol. The highest BCUT2D eigenvalue weighted by Crippen LogP contribution is 2.44. The molecule has 8 nitrogen and oxygen atoms in total. The lowest BCUT2D eigenvalue weighted by molar-refractivity contribution is -0.119. The van der Waals surface area contributed by atoms with Gasteiger partial charge >= 0.3 is 0 Å². The van der Waals surface area contributed by atoms with Crippen LogP contribution in [-0.4, -0.2) is 41.4 Å². The van der Waals surface area contributed by atoms with Crippen molar-refractivity contribution in [3.05, 3.63) is 71.3 Å². The van der Waals surface area contributed by atoms with Crippen molar-refractivity contribution in [2.24, 2.45) is 7.05 Å². The van der Waals surface area contributed by atoms with Gasteiger partial charge in [0, 0.05) is 37.4 Å². The number of carbonyl (C=O) groups excluding carboxylic acids is 1. The fraction of sp³-hybridized carbons (Fsp3) is 0.320. The Morgan fingerprint density at radius 3 is 2.62 bits per heavy atom. The van der Waals surface area contributed by atoms with Crippen LogP contribution in [0.25, 0.3) is 0 Å². The number of pyridine rings is 1. The second-order valence-electron chi connectivity index (χ2n) is 8.25. The van der Waals surface area contributed by atoms with Crippen molar-refractivity contribution in [3.8, 4) is 5.75 Å². The molecule has 1 aromatic carbocycles. The van der Waals surface area contributed by atoms with E-state index in [4.69, 9.17) is 21.7 Å². The largest absolute Gasteiger partial charge is 0.495 e. The van der Waals surface area contributed by atoms with Gasteiger partial charge in [-0.2, -0.15) is 0 Å². The number of carbonyl (C=O) groups is 1. The molecular weight excluding hydrogens is 450 g/mol. The number of nitrogens with one attached hydrogen (secondary N) is 2. The van der Waals surface area contributed by atoms with Crippen LogP contribution in [0, 0.1) is 13.8 Å². The van der Waals surface area contributed by atoms with E-state index in [1.54, 1.807) is 13.3 Å². The molecule has 1 aliphatic heterocycles. The molecule has 4 rings (SSSR count). The fourth-order valence-corrected chi connectivity index (χ4v) is 4.74. The molecule has 0 spiro atoms. The molecule has 0 bridgehead atoms. The summed E-state index contributed by atoms with van der Waals surface area (Å²) in [4.78, 5) is 18.9. The number of hydrogen-bond acceptors (Lipinski definition) is 5. The molecule has 0 saturated carbocycles. The van der Waals surface area contributed by atoms with E-state index in [0.29, 0.717) is 16.5 Å².